The second kappa shape index (κ2) is 8.41. The van der Waals surface area contributed by atoms with Crippen molar-refractivity contribution in [2.75, 3.05) is 27.2 Å². The monoisotopic (exact) mass is 381 g/mol. The molecule has 0 aliphatic heterocycles. The van der Waals surface area contributed by atoms with Crippen molar-refractivity contribution in [1.29, 1.82) is 0 Å². The van der Waals surface area contributed by atoms with Gasteiger partial charge in [-0.3, -0.25) is 4.79 Å². The van der Waals surface area contributed by atoms with E-state index in [9.17, 15) is 4.79 Å². The SMILES string of the molecule is CN(C)CCCNC(=O)Cc1csc(-c2cccc(Br)c2)n1. The van der Waals surface area contributed by atoms with Crippen LogP contribution in [0.5, 0.6) is 0 Å². The fourth-order valence-electron chi connectivity index (χ4n) is 1.99. The Bertz CT molecular complexity index is 627. The van der Waals surface area contributed by atoms with Gasteiger partial charge in [0, 0.05) is 22.0 Å². The lowest BCUT2D eigenvalue weighted by Gasteiger charge is -2.09. The first kappa shape index (κ1) is 17.1. The standard InChI is InChI=1S/C16H20BrN3OS/c1-20(2)8-4-7-18-15(21)10-14-11-22-16(19-14)12-5-3-6-13(17)9-12/h3,5-6,9,11H,4,7-8,10H2,1-2H3,(H,18,21). The van der Waals surface area contributed by atoms with Crippen LogP contribution in [0.3, 0.4) is 0 Å². The van der Waals surface area contributed by atoms with Crippen molar-refractivity contribution in [3.05, 3.63) is 39.8 Å². The van der Waals surface area contributed by atoms with Crippen LogP contribution in [0, 0.1) is 0 Å². The average Bonchev–Trinajstić information content (AvgIpc) is 2.92. The van der Waals surface area contributed by atoms with Gasteiger partial charge in [0.05, 0.1) is 12.1 Å². The number of rotatable bonds is 7. The molecule has 0 radical (unpaired) electrons. The number of hydrogen-bond acceptors (Lipinski definition) is 4. The summed E-state index contributed by atoms with van der Waals surface area (Å²) in [6, 6.07) is 8.02. The highest BCUT2D eigenvalue weighted by Gasteiger charge is 2.09. The molecule has 2 rings (SSSR count). The van der Waals surface area contributed by atoms with Crippen molar-refractivity contribution < 1.29 is 4.79 Å². The molecule has 4 nitrogen and oxygen atoms in total. The number of carbonyl (C=O) groups excluding carboxylic acids is 1. The predicted molar refractivity (Wildman–Crippen MR) is 95.1 cm³/mol. The number of thiazole rings is 1. The zero-order valence-electron chi connectivity index (χ0n) is 12.8. The van der Waals surface area contributed by atoms with Gasteiger partial charge in [-0.2, -0.15) is 0 Å². The molecule has 2 aromatic rings. The number of amides is 1. The Morgan fingerprint density at radius 2 is 2.23 bits per heavy atom. The summed E-state index contributed by atoms with van der Waals surface area (Å²) >= 11 is 5.03. The van der Waals surface area contributed by atoms with Gasteiger partial charge in [-0.15, -0.1) is 11.3 Å². The van der Waals surface area contributed by atoms with Crippen molar-refractivity contribution in [3.63, 3.8) is 0 Å². The first-order valence-corrected chi connectivity index (χ1v) is 8.83. The highest BCUT2D eigenvalue weighted by molar-refractivity contribution is 9.10. The zero-order valence-corrected chi connectivity index (χ0v) is 15.2. The molecule has 0 saturated carbocycles. The third-order valence-electron chi connectivity index (χ3n) is 3.07. The minimum atomic E-state index is 0.0323. The molecular weight excluding hydrogens is 362 g/mol. The molecule has 0 unspecified atom stereocenters. The largest absolute Gasteiger partial charge is 0.356 e. The summed E-state index contributed by atoms with van der Waals surface area (Å²) in [5.74, 6) is 0.0323. The van der Waals surface area contributed by atoms with Gasteiger partial charge in [-0.05, 0) is 39.2 Å². The summed E-state index contributed by atoms with van der Waals surface area (Å²) in [7, 11) is 4.06. The Morgan fingerprint density at radius 3 is 2.95 bits per heavy atom. The maximum Gasteiger partial charge on any atom is 0.226 e. The van der Waals surface area contributed by atoms with Gasteiger partial charge in [0.2, 0.25) is 5.91 Å². The number of hydrogen-bond donors (Lipinski definition) is 1. The smallest absolute Gasteiger partial charge is 0.226 e. The summed E-state index contributed by atoms with van der Waals surface area (Å²) in [5.41, 5.74) is 1.89. The Labute approximate surface area is 143 Å². The fraction of sp³-hybridized carbons (Fsp3) is 0.375. The van der Waals surface area contributed by atoms with Gasteiger partial charge in [0.25, 0.3) is 0 Å². The molecule has 6 heteroatoms. The number of nitrogens with one attached hydrogen (secondary N) is 1. The molecule has 118 valence electrons. The van der Waals surface area contributed by atoms with Crippen molar-refractivity contribution >= 4 is 33.2 Å². The summed E-state index contributed by atoms with van der Waals surface area (Å²) in [4.78, 5) is 18.5. The van der Waals surface area contributed by atoms with E-state index in [1.807, 2.05) is 43.7 Å². The molecule has 1 aromatic carbocycles. The van der Waals surface area contributed by atoms with E-state index in [0.717, 1.165) is 33.7 Å². The molecule has 0 bridgehead atoms. The second-order valence-electron chi connectivity index (χ2n) is 5.34. The van der Waals surface area contributed by atoms with Gasteiger partial charge < -0.3 is 10.2 Å². The van der Waals surface area contributed by atoms with E-state index in [1.165, 1.54) is 0 Å². The maximum absolute atomic E-state index is 11.9. The predicted octanol–water partition coefficient (Wildman–Crippen LogP) is 3.18. The first-order chi connectivity index (χ1) is 10.5. The lowest BCUT2D eigenvalue weighted by atomic mass is 10.2. The van der Waals surface area contributed by atoms with Crippen LogP contribution < -0.4 is 5.32 Å². The Kier molecular flexibility index (Phi) is 6.54. The van der Waals surface area contributed by atoms with Crippen LogP contribution in [-0.2, 0) is 11.2 Å². The summed E-state index contributed by atoms with van der Waals surface area (Å²) in [5, 5.41) is 5.83. The molecule has 1 aromatic heterocycles. The summed E-state index contributed by atoms with van der Waals surface area (Å²) in [6.07, 6.45) is 1.30. The highest BCUT2D eigenvalue weighted by atomic mass is 79.9. The van der Waals surface area contributed by atoms with E-state index in [0.29, 0.717) is 13.0 Å². The van der Waals surface area contributed by atoms with Crippen LogP contribution in [0.25, 0.3) is 10.6 Å². The topological polar surface area (TPSA) is 45.2 Å². The summed E-state index contributed by atoms with van der Waals surface area (Å²) in [6.45, 7) is 1.68. The summed E-state index contributed by atoms with van der Waals surface area (Å²) < 4.78 is 1.03. The third-order valence-corrected chi connectivity index (χ3v) is 4.50. The van der Waals surface area contributed by atoms with Crippen LogP contribution in [0.2, 0.25) is 0 Å². The lowest BCUT2D eigenvalue weighted by Crippen LogP contribution is -2.28. The van der Waals surface area contributed by atoms with Gasteiger partial charge in [-0.1, -0.05) is 28.1 Å². The van der Waals surface area contributed by atoms with Crippen LogP contribution in [0.15, 0.2) is 34.1 Å². The minimum Gasteiger partial charge on any atom is -0.356 e. The Balaban J connectivity index is 1.85. The molecule has 0 aliphatic rings. The van der Waals surface area contributed by atoms with Crippen LogP contribution in [-0.4, -0.2) is 43.0 Å². The third kappa shape index (κ3) is 5.51. The average molecular weight is 382 g/mol. The van der Waals surface area contributed by atoms with Gasteiger partial charge in [0.1, 0.15) is 5.01 Å². The number of nitrogens with zero attached hydrogens (tertiary/aromatic N) is 2. The van der Waals surface area contributed by atoms with E-state index in [2.05, 4.69) is 31.1 Å². The minimum absolute atomic E-state index is 0.0323. The molecule has 1 heterocycles. The second-order valence-corrected chi connectivity index (χ2v) is 7.11. The lowest BCUT2D eigenvalue weighted by molar-refractivity contribution is -0.120. The molecule has 0 fully saturated rings. The van der Waals surface area contributed by atoms with E-state index >= 15 is 0 Å². The van der Waals surface area contributed by atoms with Gasteiger partial charge >= 0.3 is 0 Å². The fourth-order valence-corrected chi connectivity index (χ4v) is 3.21. The van der Waals surface area contributed by atoms with Crippen molar-refractivity contribution in [1.82, 2.24) is 15.2 Å². The number of carbonyl (C=O) groups is 1. The molecular formula is C16H20BrN3OS. The normalized spacial score (nSPS) is 10.9. The van der Waals surface area contributed by atoms with Crippen LogP contribution >= 0.6 is 27.3 Å². The van der Waals surface area contributed by atoms with Crippen LogP contribution in [0.1, 0.15) is 12.1 Å². The Morgan fingerprint density at radius 1 is 1.41 bits per heavy atom. The quantitative estimate of drug-likeness (QED) is 0.749. The molecule has 1 amide bonds. The highest BCUT2D eigenvalue weighted by Crippen LogP contribution is 2.26. The number of halogens is 1. The van der Waals surface area contributed by atoms with Crippen molar-refractivity contribution in [2.24, 2.45) is 0 Å². The van der Waals surface area contributed by atoms with Crippen LogP contribution in [0.4, 0.5) is 0 Å². The molecule has 22 heavy (non-hydrogen) atoms. The first-order valence-electron chi connectivity index (χ1n) is 7.16. The number of aromatic nitrogens is 1. The van der Waals surface area contributed by atoms with Crippen molar-refractivity contribution in [2.45, 2.75) is 12.8 Å². The maximum atomic E-state index is 11.9. The van der Waals surface area contributed by atoms with Gasteiger partial charge in [0.15, 0.2) is 0 Å². The molecule has 0 saturated heterocycles. The molecule has 1 N–H and O–H groups in total. The Hall–Kier alpha value is -1.24. The van der Waals surface area contributed by atoms with E-state index in [1.54, 1.807) is 11.3 Å². The van der Waals surface area contributed by atoms with E-state index in [4.69, 9.17) is 0 Å². The van der Waals surface area contributed by atoms with E-state index < -0.39 is 0 Å². The zero-order chi connectivity index (χ0) is 15.9. The van der Waals surface area contributed by atoms with Gasteiger partial charge in [-0.25, -0.2) is 4.98 Å². The molecule has 0 atom stereocenters. The van der Waals surface area contributed by atoms with E-state index in [-0.39, 0.29) is 5.91 Å². The molecule has 0 spiro atoms. The van der Waals surface area contributed by atoms with Crippen molar-refractivity contribution in [3.8, 4) is 10.6 Å². The number of benzene rings is 1. The molecule has 0 aliphatic carbocycles.